The summed E-state index contributed by atoms with van der Waals surface area (Å²) < 4.78 is 6.64. The van der Waals surface area contributed by atoms with Gasteiger partial charge in [-0.2, -0.15) is 0 Å². The molecule has 3 heteroatoms. The molecule has 0 radical (unpaired) electrons. The summed E-state index contributed by atoms with van der Waals surface area (Å²) in [5.41, 5.74) is 0. The number of piperazine rings is 1. The molecule has 0 aromatic carbocycles. The topological polar surface area (TPSA) is 24.5 Å². The zero-order valence-electron chi connectivity index (χ0n) is 14.1. The van der Waals surface area contributed by atoms with Crippen LogP contribution in [0.1, 0.15) is 77.0 Å². The lowest BCUT2D eigenvalue weighted by Gasteiger charge is -2.51. The molecule has 4 unspecified atom stereocenters. The molecule has 0 aromatic heterocycles. The molecule has 1 heterocycles. The highest BCUT2D eigenvalue weighted by molar-refractivity contribution is 4.97. The van der Waals surface area contributed by atoms with Crippen molar-refractivity contribution in [1.82, 2.24) is 10.2 Å². The average Bonchev–Trinajstić information content (AvgIpc) is 3.08. The van der Waals surface area contributed by atoms with Crippen LogP contribution in [0.3, 0.4) is 0 Å². The Morgan fingerprint density at radius 2 is 1.41 bits per heavy atom. The smallest absolute Gasteiger partial charge is 0.0734 e. The van der Waals surface area contributed by atoms with Gasteiger partial charge in [0.25, 0.3) is 0 Å². The molecule has 4 aliphatic rings. The van der Waals surface area contributed by atoms with E-state index in [-0.39, 0.29) is 0 Å². The Balaban J connectivity index is 1.45. The maximum Gasteiger partial charge on any atom is 0.0734 e. The van der Waals surface area contributed by atoms with Gasteiger partial charge in [0.1, 0.15) is 0 Å². The lowest BCUT2D eigenvalue weighted by molar-refractivity contribution is -0.0931. The molecule has 4 rings (SSSR count). The van der Waals surface area contributed by atoms with Gasteiger partial charge in [0.2, 0.25) is 0 Å². The first-order valence-electron chi connectivity index (χ1n) is 10.1. The third kappa shape index (κ3) is 3.22. The SMILES string of the molecule is C1CCC(OC2CCCCC2N2CCNC3CCCCC32)C1. The summed E-state index contributed by atoms with van der Waals surface area (Å²) in [6.45, 7) is 2.43. The second-order valence-electron chi connectivity index (χ2n) is 8.08. The van der Waals surface area contributed by atoms with Crippen molar-refractivity contribution in [2.45, 2.75) is 107 Å². The first-order valence-corrected chi connectivity index (χ1v) is 10.1. The standard InChI is InChI=1S/C19H34N2O/c1-2-8-15(7-1)22-19-12-6-5-11-18(19)21-14-13-20-16-9-3-4-10-17(16)21/h15-20H,1-14H2. The number of fused-ring (bicyclic) bond motifs is 1. The van der Waals surface area contributed by atoms with Crippen LogP contribution in [0.15, 0.2) is 0 Å². The van der Waals surface area contributed by atoms with E-state index in [2.05, 4.69) is 10.2 Å². The first kappa shape index (κ1) is 15.4. The maximum atomic E-state index is 6.64. The second-order valence-corrected chi connectivity index (χ2v) is 8.08. The van der Waals surface area contributed by atoms with Gasteiger partial charge in [-0.1, -0.05) is 38.5 Å². The van der Waals surface area contributed by atoms with Crippen molar-refractivity contribution in [3.05, 3.63) is 0 Å². The summed E-state index contributed by atoms with van der Waals surface area (Å²) in [6.07, 6.45) is 17.6. The fourth-order valence-corrected chi connectivity index (χ4v) is 5.59. The molecule has 0 aromatic rings. The lowest BCUT2D eigenvalue weighted by atomic mass is 9.83. The van der Waals surface area contributed by atoms with Crippen LogP contribution >= 0.6 is 0 Å². The van der Waals surface area contributed by atoms with Crippen LogP contribution in [0, 0.1) is 0 Å². The summed E-state index contributed by atoms with van der Waals surface area (Å²) in [7, 11) is 0. The number of hydrogen-bond acceptors (Lipinski definition) is 3. The minimum Gasteiger partial charge on any atom is -0.373 e. The van der Waals surface area contributed by atoms with Crippen molar-refractivity contribution < 1.29 is 4.74 Å². The molecule has 1 N–H and O–H groups in total. The van der Waals surface area contributed by atoms with Crippen molar-refractivity contribution in [2.75, 3.05) is 13.1 Å². The van der Waals surface area contributed by atoms with Crippen molar-refractivity contribution >= 4 is 0 Å². The van der Waals surface area contributed by atoms with E-state index in [0.29, 0.717) is 18.2 Å². The number of rotatable bonds is 3. The molecule has 4 atom stereocenters. The van der Waals surface area contributed by atoms with Crippen LogP contribution in [-0.4, -0.2) is 48.3 Å². The van der Waals surface area contributed by atoms with Gasteiger partial charge >= 0.3 is 0 Å². The van der Waals surface area contributed by atoms with Gasteiger partial charge in [0.05, 0.1) is 12.2 Å². The fourth-order valence-electron chi connectivity index (χ4n) is 5.59. The first-order chi connectivity index (χ1) is 10.9. The quantitative estimate of drug-likeness (QED) is 0.864. The molecular formula is C19H34N2O. The van der Waals surface area contributed by atoms with Gasteiger partial charge in [-0.25, -0.2) is 0 Å². The van der Waals surface area contributed by atoms with Gasteiger partial charge in [-0.05, 0) is 38.5 Å². The third-order valence-electron chi connectivity index (χ3n) is 6.70. The summed E-state index contributed by atoms with van der Waals surface area (Å²) in [6, 6.07) is 2.26. The second kappa shape index (κ2) is 7.19. The van der Waals surface area contributed by atoms with Gasteiger partial charge in [0, 0.05) is 31.2 Å². The van der Waals surface area contributed by atoms with Crippen molar-refractivity contribution in [1.29, 1.82) is 0 Å². The van der Waals surface area contributed by atoms with Crippen LogP contribution in [0.2, 0.25) is 0 Å². The number of nitrogens with zero attached hydrogens (tertiary/aromatic N) is 1. The highest BCUT2D eigenvalue weighted by Gasteiger charge is 2.41. The van der Waals surface area contributed by atoms with E-state index in [1.165, 1.54) is 90.1 Å². The molecule has 3 saturated carbocycles. The number of ether oxygens (including phenoxy) is 1. The summed E-state index contributed by atoms with van der Waals surface area (Å²) >= 11 is 0. The molecule has 126 valence electrons. The van der Waals surface area contributed by atoms with E-state index in [9.17, 15) is 0 Å². The molecule has 1 aliphatic heterocycles. The van der Waals surface area contributed by atoms with Gasteiger partial charge in [-0.15, -0.1) is 0 Å². The van der Waals surface area contributed by atoms with E-state index in [0.717, 1.165) is 12.1 Å². The highest BCUT2D eigenvalue weighted by Crippen LogP contribution is 2.35. The predicted molar refractivity (Wildman–Crippen MR) is 90.1 cm³/mol. The number of nitrogens with one attached hydrogen (secondary N) is 1. The molecule has 0 amide bonds. The van der Waals surface area contributed by atoms with Crippen molar-refractivity contribution in [3.8, 4) is 0 Å². The number of hydrogen-bond donors (Lipinski definition) is 1. The molecule has 3 nitrogen and oxygen atoms in total. The monoisotopic (exact) mass is 306 g/mol. The van der Waals surface area contributed by atoms with Gasteiger partial charge < -0.3 is 10.1 Å². The van der Waals surface area contributed by atoms with E-state index in [1.54, 1.807) is 0 Å². The predicted octanol–water partition coefficient (Wildman–Crippen LogP) is 3.47. The summed E-state index contributed by atoms with van der Waals surface area (Å²) in [5, 5.41) is 3.80. The van der Waals surface area contributed by atoms with Gasteiger partial charge in [-0.3, -0.25) is 4.90 Å². The Bertz CT molecular complexity index is 353. The van der Waals surface area contributed by atoms with E-state index in [1.807, 2.05) is 0 Å². The Morgan fingerprint density at radius 1 is 0.727 bits per heavy atom. The lowest BCUT2D eigenvalue weighted by Crippen LogP contribution is -2.64. The fraction of sp³-hybridized carbons (Fsp3) is 1.00. The Kier molecular flexibility index (Phi) is 5.04. The molecule has 0 spiro atoms. The van der Waals surface area contributed by atoms with E-state index in [4.69, 9.17) is 4.74 Å². The van der Waals surface area contributed by atoms with Crippen molar-refractivity contribution in [2.24, 2.45) is 0 Å². The molecular weight excluding hydrogens is 272 g/mol. The Labute approximate surface area is 136 Å². The zero-order chi connectivity index (χ0) is 14.8. The molecule has 4 fully saturated rings. The van der Waals surface area contributed by atoms with Crippen molar-refractivity contribution in [3.63, 3.8) is 0 Å². The largest absolute Gasteiger partial charge is 0.373 e. The van der Waals surface area contributed by atoms with Crippen LogP contribution in [0.5, 0.6) is 0 Å². The molecule has 22 heavy (non-hydrogen) atoms. The zero-order valence-corrected chi connectivity index (χ0v) is 14.1. The van der Waals surface area contributed by atoms with Crippen LogP contribution < -0.4 is 5.32 Å². The molecule has 3 aliphatic carbocycles. The van der Waals surface area contributed by atoms with Crippen LogP contribution in [0.4, 0.5) is 0 Å². The van der Waals surface area contributed by atoms with Gasteiger partial charge in [0.15, 0.2) is 0 Å². The minimum absolute atomic E-state index is 0.525. The molecule has 1 saturated heterocycles. The normalized spacial score (nSPS) is 41.5. The molecule has 0 bridgehead atoms. The Hall–Kier alpha value is -0.120. The van der Waals surface area contributed by atoms with Crippen LogP contribution in [-0.2, 0) is 4.74 Å². The Morgan fingerprint density at radius 3 is 2.27 bits per heavy atom. The highest BCUT2D eigenvalue weighted by atomic mass is 16.5. The third-order valence-corrected chi connectivity index (χ3v) is 6.70. The van der Waals surface area contributed by atoms with Crippen LogP contribution in [0.25, 0.3) is 0 Å². The van der Waals surface area contributed by atoms with E-state index < -0.39 is 0 Å². The summed E-state index contributed by atoms with van der Waals surface area (Å²) in [5.74, 6) is 0. The maximum absolute atomic E-state index is 6.64. The van der Waals surface area contributed by atoms with E-state index >= 15 is 0 Å². The average molecular weight is 306 g/mol. The summed E-state index contributed by atoms with van der Waals surface area (Å²) in [4.78, 5) is 2.89. The minimum atomic E-state index is 0.525.